The van der Waals surface area contributed by atoms with Crippen LogP contribution in [-0.2, 0) is 26.0 Å². The van der Waals surface area contributed by atoms with Crippen molar-refractivity contribution in [2.45, 2.75) is 42.8 Å². The molecule has 1 aromatic heterocycles. The Morgan fingerprint density at radius 2 is 1.93 bits per heavy atom. The molecule has 3 heterocycles. The fourth-order valence-electron chi connectivity index (χ4n) is 4.78. The van der Waals surface area contributed by atoms with Gasteiger partial charge in [0.15, 0.2) is 9.84 Å². The van der Waals surface area contributed by atoms with Gasteiger partial charge in [-0.2, -0.15) is 4.80 Å². The molecule has 40 heavy (non-hydrogen) atoms. The van der Waals surface area contributed by atoms with Crippen LogP contribution in [-0.4, -0.2) is 76.1 Å². The minimum absolute atomic E-state index is 0.102. The molecule has 1 unspecified atom stereocenters. The number of anilines is 1. The van der Waals surface area contributed by atoms with Crippen LogP contribution in [0.5, 0.6) is 0 Å². The molecule has 0 spiro atoms. The smallest absolute Gasteiger partial charge is 0.267 e. The summed E-state index contributed by atoms with van der Waals surface area (Å²) in [6, 6.07) is 5.88. The maximum Gasteiger partial charge on any atom is 0.267 e. The van der Waals surface area contributed by atoms with Crippen molar-refractivity contribution in [1.82, 2.24) is 25.1 Å². The van der Waals surface area contributed by atoms with E-state index in [0.717, 1.165) is 26.7 Å². The number of hydrogen-bond acceptors (Lipinski definition) is 8. The predicted octanol–water partition coefficient (Wildman–Crippen LogP) is 2.21. The standard InChI is InChI=1S/C24H23ClF3N7O4S/c1-13(36)33-10-16(8-24(27,28)12-33)35-31-22(30-32-35)17-6-20-21(7-18(17)26)40(38,39)11-19(29)23(37)34(20)9-14-2-4-15(25)5-3-14/h2-7,16,19H,8-12,29H2,1H3/t16?,19-/m0/s1. The lowest BCUT2D eigenvalue weighted by Gasteiger charge is -2.36. The van der Waals surface area contributed by atoms with Crippen LogP contribution in [0.3, 0.4) is 0 Å². The van der Waals surface area contributed by atoms with E-state index in [0.29, 0.717) is 10.6 Å². The Morgan fingerprint density at radius 3 is 2.60 bits per heavy atom. The molecular formula is C24H23ClF3N7O4S. The second kappa shape index (κ2) is 10.1. The van der Waals surface area contributed by atoms with Crippen LogP contribution in [0.1, 0.15) is 24.9 Å². The summed E-state index contributed by atoms with van der Waals surface area (Å²) >= 11 is 5.95. The highest BCUT2D eigenvalue weighted by Crippen LogP contribution is 2.37. The van der Waals surface area contributed by atoms with Gasteiger partial charge in [-0.25, -0.2) is 21.6 Å². The molecule has 1 fully saturated rings. The lowest BCUT2D eigenvalue weighted by atomic mass is 10.0. The van der Waals surface area contributed by atoms with E-state index in [1.165, 1.54) is 6.92 Å². The summed E-state index contributed by atoms with van der Waals surface area (Å²) in [4.78, 5) is 27.5. The van der Waals surface area contributed by atoms with E-state index in [1.54, 1.807) is 24.3 Å². The van der Waals surface area contributed by atoms with Gasteiger partial charge in [0.2, 0.25) is 17.6 Å². The summed E-state index contributed by atoms with van der Waals surface area (Å²) in [5, 5.41) is 12.1. The molecule has 2 aromatic carbocycles. The first-order valence-electron chi connectivity index (χ1n) is 12.0. The van der Waals surface area contributed by atoms with E-state index >= 15 is 4.39 Å². The van der Waals surface area contributed by atoms with E-state index in [1.807, 2.05) is 0 Å². The molecular weight excluding hydrogens is 575 g/mol. The summed E-state index contributed by atoms with van der Waals surface area (Å²) in [6.07, 6.45) is -0.668. The van der Waals surface area contributed by atoms with E-state index < -0.39 is 69.1 Å². The number of amides is 2. The first-order chi connectivity index (χ1) is 18.7. The van der Waals surface area contributed by atoms with Gasteiger partial charge in [-0.1, -0.05) is 23.7 Å². The summed E-state index contributed by atoms with van der Waals surface area (Å²) in [5.41, 5.74) is 6.06. The van der Waals surface area contributed by atoms with Gasteiger partial charge >= 0.3 is 0 Å². The highest BCUT2D eigenvalue weighted by atomic mass is 35.5. The number of hydrogen-bond donors (Lipinski definition) is 1. The zero-order valence-electron chi connectivity index (χ0n) is 21.0. The number of fused-ring (bicyclic) bond motifs is 1. The Labute approximate surface area is 231 Å². The van der Waals surface area contributed by atoms with Crippen LogP contribution in [0.4, 0.5) is 18.9 Å². The third-order valence-corrected chi connectivity index (χ3v) is 8.79. The lowest BCUT2D eigenvalue weighted by molar-refractivity contribution is -0.143. The van der Waals surface area contributed by atoms with E-state index in [4.69, 9.17) is 17.3 Å². The number of tetrazole rings is 1. The van der Waals surface area contributed by atoms with Crippen molar-refractivity contribution < 1.29 is 31.2 Å². The maximum absolute atomic E-state index is 15.4. The molecule has 0 radical (unpaired) electrons. The molecule has 5 rings (SSSR count). The Balaban J connectivity index is 1.57. The SMILES string of the molecule is CC(=O)N1CC(n2nnc(-c3cc4c(cc3F)S(=O)(=O)C[C@H](N)C(=O)N4Cc3ccc(Cl)cc3)n2)CC(F)(F)C1. The normalized spacial score (nSPS) is 22.1. The highest BCUT2D eigenvalue weighted by molar-refractivity contribution is 7.91. The van der Waals surface area contributed by atoms with Crippen molar-refractivity contribution in [3.05, 3.63) is 52.8 Å². The number of alkyl halides is 2. The van der Waals surface area contributed by atoms with Gasteiger partial charge in [0, 0.05) is 24.9 Å². The van der Waals surface area contributed by atoms with Crippen LogP contribution in [0.15, 0.2) is 41.3 Å². The van der Waals surface area contributed by atoms with E-state index in [-0.39, 0.29) is 30.2 Å². The Bertz CT molecular complexity index is 1600. The largest absolute Gasteiger partial charge is 0.335 e. The number of rotatable bonds is 4. The summed E-state index contributed by atoms with van der Waals surface area (Å²) in [6.45, 7) is 0.219. The van der Waals surface area contributed by atoms with Gasteiger partial charge in [0.05, 0.1) is 47.1 Å². The minimum Gasteiger partial charge on any atom is -0.335 e. The number of sulfone groups is 1. The fourth-order valence-corrected chi connectivity index (χ4v) is 6.47. The first-order valence-corrected chi connectivity index (χ1v) is 14.1. The van der Waals surface area contributed by atoms with E-state index in [2.05, 4.69) is 15.4 Å². The molecule has 2 aliphatic rings. The molecule has 3 aromatic rings. The number of benzene rings is 2. The quantitative estimate of drug-likeness (QED) is 0.482. The second-order valence-corrected chi connectivity index (χ2v) is 12.2. The summed E-state index contributed by atoms with van der Waals surface area (Å²) in [7, 11) is -4.18. The molecule has 0 saturated carbocycles. The van der Waals surface area contributed by atoms with Crippen molar-refractivity contribution in [3.63, 3.8) is 0 Å². The zero-order valence-corrected chi connectivity index (χ0v) is 22.5. The molecule has 0 aliphatic carbocycles. The Kier molecular flexibility index (Phi) is 7.08. The molecule has 11 nitrogen and oxygen atoms in total. The average Bonchev–Trinajstić information content (AvgIpc) is 3.35. The van der Waals surface area contributed by atoms with Gasteiger partial charge in [-0.3, -0.25) is 9.59 Å². The molecule has 2 aliphatic heterocycles. The topological polar surface area (TPSA) is 144 Å². The summed E-state index contributed by atoms with van der Waals surface area (Å²) < 4.78 is 70.1. The third kappa shape index (κ3) is 5.40. The molecule has 2 amide bonds. The molecule has 16 heteroatoms. The van der Waals surface area contributed by atoms with Crippen molar-refractivity contribution in [2.75, 3.05) is 23.7 Å². The summed E-state index contributed by atoms with van der Waals surface area (Å²) in [5.74, 6) is -6.55. The van der Waals surface area contributed by atoms with Crippen molar-refractivity contribution in [3.8, 4) is 11.4 Å². The van der Waals surface area contributed by atoms with Gasteiger partial charge in [-0.15, -0.1) is 10.2 Å². The minimum atomic E-state index is -4.18. The van der Waals surface area contributed by atoms with Crippen molar-refractivity contribution in [2.24, 2.45) is 5.73 Å². The third-order valence-electron chi connectivity index (χ3n) is 6.74. The highest BCUT2D eigenvalue weighted by Gasteiger charge is 2.43. The van der Waals surface area contributed by atoms with Gasteiger partial charge < -0.3 is 15.5 Å². The van der Waals surface area contributed by atoms with Crippen molar-refractivity contribution >= 4 is 38.9 Å². The monoisotopic (exact) mass is 597 g/mol. The van der Waals surface area contributed by atoms with Crippen LogP contribution >= 0.6 is 11.6 Å². The number of halogens is 4. The number of carbonyl (C=O) groups excluding carboxylic acids is 2. The predicted molar refractivity (Wildman–Crippen MR) is 137 cm³/mol. The number of piperidine rings is 1. The average molecular weight is 598 g/mol. The van der Waals surface area contributed by atoms with Crippen LogP contribution < -0.4 is 10.6 Å². The van der Waals surface area contributed by atoms with Gasteiger partial charge in [0.1, 0.15) is 5.82 Å². The number of likely N-dealkylation sites (tertiary alicyclic amines) is 1. The first kappa shape index (κ1) is 28.0. The second-order valence-electron chi connectivity index (χ2n) is 9.79. The number of aromatic nitrogens is 4. The molecule has 212 valence electrons. The molecule has 2 N–H and O–H groups in total. The maximum atomic E-state index is 15.4. The van der Waals surface area contributed by atoms with Crippen molar-refractivity contribution in [1.29, 1.82) is 0 Å². The Morgan fingerprint density at radius 1 is 1.23 bits per heavy atom. The number of nitrogens with zero attached hydrogens (tertiary/aromatic N) is 6. The molecule has 1 saturated heterocycles. The van der Waals surface area contributed by atoms with Crippen LogP contribution in [0, 0.1) is 5.82 Å². The molecule has 0 bridgehead atoms. The van der Waals surface area contributed by atoms with Gasteiger partial charge in [-0.05, 0) is 35.0 Å². The number of nitrogens with two attached hydrogens (primary N) is 1. The zero-order chi connectivity index (χ0) is 29.0. The van der Waals surface area contributed by atoms with Gasteiger partial charge in [0.25, 0.3) is 5.92 Å². The molecule has 2 atom stereocenters. The fraction of sp³-hybridized carbons (Fsp3) is 0.375. The number of carbonyl (C=O) groups is 2. The van der Waals surface area contributed by atoms with Crippen LogP contribution in [0.25, 0.3) is 11.4 Å². The Hall–Kier alpha value is -3.56. The van der Waals surface area contributed by atoms with Crippen LogP contribution in [0.2, 0.25) is 5.02 Å². The lowest BCUT2D eigenvalue weighted by Crippen LogP contribution is -2.49. The van der Waals surface area contributed by atoms with E-state index in [9.17, 15) is 26.8 Å².